The van der Waals surface area contributed by atoms with E-state index in [1.165, 1.54) is 42.1 Å². The van der Waals surface area contributed by atoms with E-state index in [0.717, 1.165) is 39.0 Å². The van der Waals surface area contributed by atoms with Crippen LogP contribution in [0.15, 0.2) is 12.1 Å². The number of fused-ring (bicyclic) bond motifs is 1. The van der Waals surface area contributed by atoms with E-state index in [9.17, 15) is 10.2 Å². The SMILES string of the molecule is OC1CC2CN(Cc3ccc(CN4CCCCC4)s3)CC2CC1O. The molecule has 0 amide bonds. The highest BCUT2D eigenvalue weighted by atomic mass is 32.1. The maximum Gasteiger partial charge on any atom is 0.0802 e. The number of thiophene rings is 1. The van der Waals surface area contributed by atoms with Crippen molar-refractivity contribution in [3.8, 4) is 0 Å². The normalized spacial score (nSPS) is 35.2. The molecule has 5 heteroatoms. The summed E-state index contributed by atoms with van der Waals surface area (Å²) in [5.74, 6) is 1.13. The lowest BCUT2D eigenvalue weighted by molar-refractivity contribution is -0.0372. The van der Waals surface area contributed by atoms with Gasteiger partial charge in [-0.2, -0.15) is 0 Å². The highest BCUT2D eigenvalue weighted by Gasteiger charge is 2.40. The second-order valence-corrected chi connectivity index (χ2v) is 9.28. The van der Waals surface area contributed by atoms with Crippen LogP contribution in [-0.4, -0.2) is 58.4 Å². The Morgan fingerprint density at radius 3 is 1.96 bits per heavy atom. The molecule has 1 aliphatic carbocycles. The third kappa shape index (κ3) is 3.86. The highest BCUT2D eigenvalue weighted by molar-refractivity contribution is 7.11. The molecule has 1 saturated carbocycles. The van der Waals surface area contributed by atoms with Crippen molar-refractivity contribution in [1.82, 2.24) is 9.80 Å². The van der Waals surface area contributed by atoms with Crippen molar-refractivity contribution < 1.29 is 10.2 Å². The van der Waals surface area contributed by atoms with Crippen LogP contribution in [0.25, 0.3) is 0 Å². The summed E-state index contributed by atoms with van der Waals surface area (Å²) in [5.41, 5.74) is 0. The number of likely N-dealkylation sites (tertiary alicyclic amines) is 2. The molecule has 2 N–H and O–H groups in total. The fourth-order valence-corrected chi connectivity index (χ4v) is 5.89. The Hall–Kier alpha value is -0.460. The van der Waals surface area contributed by atoms with Crippen molar-refractivity contribution in [3.05, 3.63) is 21.9 Å². The van der Waals surface area contributed by atoms with Gasteiger partial charge < -0.3 is 10.2 Å². The van der Waals surface area contributed by atoms with Crippen LogP contribution in [-0.2, 0) is 13.1 Å². The zero-order chi connectivity index (χ0) is 16.5. The van der Waals surface area contributed by atoms with Gasteiger partial charge in [0, 0.05) is 35.9 Å². The summed E-state index contributed by atoms with van der Waals surface area (Å²) in [5, 5.41) is 19.8. The van der Waals surface area contributed by atoms with Crippen LogP contribution in [0.1, 0.15) is 41.9 Å². The first-order chi connectivity index (χ1) is 11.7. The molecule has 3 heterocycles. The number of hydrogen-bond acceptors (Lipinski definition) is 5. The second-order valence-electron chi connectivity index (χ2n) is 8.03. The van der Waals surface area contributed by atoms with Gasteiger partial charge in [0.1, 0.15) is 0 Å². The molecular weight excluding hydrogens is 320 g/mol. The van der Waals surface area contributed by atoms with Gasteiger partial charge in [0.15, 0.2) is 0 Å². The lowest BCUT2D eigenvalue weighted by atomic mass is 9.79. The van der Waals surface area contributed by atoms with Crippen LogP contribution in [0, 0.1) is 11.8 Å². The quantitative estimate of drug-likeness (QED) is 0.875. The molecule has 4 unspecified atom stereocenters. The van der Waals surface area contributed by atoms with E-state index >= 15 is 0 Å². The van der Waals surface area contributed by atoms with E-state index in [4.69, 9.17) is 0 Å². The topological polar surface area (TPSA) is 46.9 Å². The molecule has 2 aliphatic heterocycles. The summed E-state index contributed by atoms with van der Waals surface area (Å²) >= 11 is 1.97. The predicted molar refractivity (Wildman–Crippen MR) is 97.0 cm³/mol. The van der Waals surface area contributed by atoms with Gasteiger partial charge in [0.2, 0.25) is 0 Å². The smallest absolute Gasteiger partial charge is 0.0802 e. The lowest BCUT2D eigenvalue weighted by Gasteiger charge is -2.32. The molecule has 134 valence electrons. The van der Waals surface area contributed by atoms with Crippen molar-refractivity contribution in [3.63, 3.8) is 0 Å². The highest BCUT2D eigenvalue weighted by Crippen LogP contribution is 2.37. The van der Waals surface area contributed by atoms with Crippen LogP contribution < -0.4 is 0 Å². The number of hydrogen-bond donors (Lipinski definition) is 2. The molecule has 1 aromatic rings. The molecular formula is C19H30N2O2S. The molecule has 2 saturated heterocycles. The Morgan fingerprint density at radius 2 is 1.38 bits per heavy atom. The maximum atomic E-state index is 9.89. The van der Waals surface area contributed by atoms with E-state index in [-0.39, 0.29) is 0 Å². The zero-order valence-electron chi connectivity index (χ0n) is 14.4. The Balaban J connectivity index is 1.30. The fourth-order valence-electron chi connectivity index (χ4n) is 4.78. The molecule has 3 aliphatic rings. The Kier molecular flexibility index (Phi) is 5.25. The van der Waals surface area contributed by atoms with Crippen molar-refractivity contribution >= 4 is 11.3 Å². The van der Waals surface area contributed by atoms with Crippen LogP contribution in [0.5, 0.6) is 0 Å². The minimum Gasteiger partial charge on any atom is -0.390 e. The maximum absolute atomic E-state index is 9.89. The third-order valence-electron chi connectivity index (χ3n) is 6.11. The summed E-state index contributed by atoms with van der Waals surface area (Å²) in [7, 11) is 0. The van der Waals surface area contributed by atoms with Crippen molar-refractivity contribution in [2.24, 2.45) is 11.8 Å². The van der Waals surface area contributed by atoms with Gasteiger partial charge in [-0.1, -0.05) is 6.42 Å². The van der Waals surface area contributed by atoms with Crippen LogP contribution in [0.2, 0.25) is 0 Å². The van der Waals surface area contributed by atoms with Gasteiger partial charge in [-0.05, 0) is 62.7 Å². The van der Waals surface area contributed by atoms with Gasteiger partial charge in [0.25, 0.3) is 0 Å². The van der Waals surface area contributed by atoms with E-state index in [0.29, 0.717) is 11.8 Å². The van der Waals surface area contributed by atoms with Crippen molar-refractivity contribution in [2.45, 2.75) is 57.4 Å². The van der Waals surface area contributed by atoms with Crippen molar-refractivity contribution in [1.29, 1.82) is 0 Å². The summed E-state index contributed by atoms with van der Waals surface area (Å²) < 4.78 is 0. The summed E-state index contributed by atoms with van der Waals surface area (Å²) in [6.07, 6.45) is 4.62. The van der Waals surface area contributed by atoms with Crippen molar-refractivity contribution in [2.75, 3.05) is 26.2 Å². The number of aliphatic hydroxyl groups is 2. The molecule has 24 heavy (non-hydrogen) atoms. The van der Waals surface area contributed by atoms with Crippen LogP contribution in [0.4, 0.5) is 0 Å². The number of nitrogens with zero attached hydrogens (tertiary/aromatic N) is 2. The first-order valence-corrected chi connectivity index (χ1v) is 10.4. The van der Waals surface area contributed by atoms with E-state index in [1.807, 2.05) is 11.3 Å². The fraction of sp³-hybridized carbons (Fsp3) is 0.789. The predicted octanol–water partition coefficient (Wildman–Crippen LogP) is 2.30. The number of aliphatic hydroxyl groups excluding tert-OH is 2. The van der Waals surface area contributed by atoms with Gasteiger partial charge in [0.05, 0.1) is 12.2 Å². The molecule has 0 aromatic carbocycles. The van der Waals surface area contributed by atoms with E-state index in [1.54, 1.807) is 0 Å². The van der Waals surface area contributed by atoms with Gasteiger partial charge in [-0.3, -0.25) is 9.80 Å². The first kappa shape index (κ1) is 17.0. The van der Waals surface area contributed by atoms with E-state index in [2.05, 4.69) is 21.9 Å². The summed E-state index contributed by atoms with van der Waals surface area (Å²) in [4.78, 5) is 8.07. The Morgan fingerprint density at radius 1 is 0.833 bits per heavy atom. The zero-order valence-corrected chi connectivity index (χ0v) is 15.3. The van der Waals surface area contributed by atoms with E-state index < -0.39 is 12.2 Å². The molecule has 0 radical (unpaired) electrons. The molecule has 4 atom stereocenters. The monoisotopic (exact) mass is 350 g/mol. The largest absolute Gasteiger partial charge is 0.390 e. The minimum atomic E-state index is -0.510. The second kappa shape index (κ2) is 7.42. The molecule has 4 rings (SSSR count). The first-order valence-electron chi connectivity index (χ1n) is 9.56. The number of rotatable bonds is 4. The van der Waals surface area contributed by atoms with Gasteiger partial charge >= 0.3 is 0 Å². The number of piperidine rings is 1. The molecule has 0 bridgehead atoms. The van der Waals surface area contributed by atoms with Crippen LogP contribution in [0.3, 0.4) is 0 Å². The minimum absolute atomic E-state index is 0.510. The van der Waals surface area contributed by atoms with Crippen LogP contribution >= 0.6 is 11.3 Å². The molecule has 1 aromatic heterocycles. The van der Waals surface area contributed by atoms with Gasteiger partial charge in [-0.25, -0.2) is 0 Å². The average Bonchev–Trinajstić information content (AvgIpc) is 3.15. The summed E-state index contributed by atoms with van der Waals surface area (Å²) in [6.45, 7) is 6.82. The summed E-state index contributed by atoms with van der Waals surface area (Å²) in [6, 6.07) is 4.61. The molecule has 4 nitrogen and oxygen atoms in total. The molecule has 3 fully saturated rings. The standard InChI is InChI=1S/C19H30N2O2S/c22-18-8-14-10-21(11-15(14)9-19(18)23)13-17-5-4-16(24-17)12-20-6-2-1-3-7-20/h4-5,14-15,18-19,22-23H,1-3,6-13H2. The molecule has 0 spiro atoms. The Labute approximate surface area is 149 Å². The Bertz CT molecular complexity index is 525. The lowest BCUT2D eigenvalue weighted by Crippen LogP contribution is -2.38. The average molecular weight is 351 g/mol. The van der Waals surface area contributed by atoms with Gasteiger partial charge in [-0.15, -0.1) is 11.3 Å². The third-order valence-corrected chi connectivity index (χ3v) is 7.16.